The number of ether oxygens (including phenoxy) is 2. The monoisotopic (exact) mass is 419 g/mol. The zero-order valence-corrected chi connectivity index (χ0v) is 17.1. The van der Waals surface area contributed by atoms with E-state index in [1.54, 1.807) is 60.7 Å². The number of methoxy groups -OCH3 is 2. The zero-order chi connectivity index (χ0) is 22.0. The van der Waals surface area contributed by atoms with E-state index in [-0.39, 0.29) is 17.9 Å². The summed E-state index contributed by atoms with van der Waals surface area (Å²) in [5, 5.41) is 11.1. The fourth-order valence-corrected chi connectivity index (χ4v) is 3.68. The molecule has 0 saturated carbocycles. The van der Waals surface area contributed by atoms with Crippen molar-refractivity contribution in [3.63, 3.8) is 0 Å². The highest BCUT2D eigenvalue weighted by molar-refractivity contribution is 6.46. The van der Waals surface area contributed by atoms with Gasteiger partial charge in [-0.2, -0.15) is 0 Å². The van der Waals surface area contributed by atoms with Crippen LogP contribution < -0.4 is 9.47 Å². The van der Waals surface area contributed by atoms with Crippen molar-refractivity contribution in [2.45, 2.75) is 12.6 Å². The van der Waals surface area contributed by atoms with Crippen LogP contribution in [-0.4, -0.2) is 35.9 Å². The maximum Gasteiger partial charge on any atom is 0.296 e. The summed E-state index contributed by atoms with van der Waals surface area (Å²) in [6.07, 6.45) is 1.50. The van der Waals surface area contributed by atoms with Crippen LogP contribution in [0.15, 0.2) is 76.9 Å². The molecule has 1 aliphatic heterocycles. The number of benzene rings is 2. The maximum atomic E-state index is 13.0. The van der Waals surface area contributed by atoms with Gasteiger partial charge in [-0.3, -0.25) is 9.59 Å². The summed E-state index contributed by atoms with van der Waals surface area (Å²) in [5.41, 5.74) is 1.06. The van der Waals surface area contributed by atoms with Gasteiger partial charge in [0.25, 0.3) is 11.7 Å². The minimum Gasteiger partial charge on any atom is -0.507 e. The first kappa shape index (κ1) is 20.3. The molecule has 1 aromatic heterocycles. The number of ketones is 1. The molecule has 2 aromatic carbocycles. The Balaban J connectivity index is 1.86. The molecule has 4 rings (SSSR count). The molecule has 0 spiro atoms. The number of Topliss-reactive ketones (excluding diaryl/α,β-unsaturated/α-hetero) is 1. The van der Waals surface area contributed by atoms with Gasteiger partial charge in [-0.05, 0) is 54.1 Å². The Morgan fingerprint density at radius 2 is 1.74 bits per heavy atom. The average Bonchev–Trinajstić information content (AvgIpc) is 3.41. The second-order valence-corrected chi connectivity index (χ2v) is 7.01. The predicted molar refractivity (Wildman–Crippen MR) is 113 cm³/mol. The van der Waals surface area contributed by atoms with E-state index in [1.165, 1.54) is 25.4 Å². The van der Waals surface area contributed by atoms with E-state index in [0.717, 1.165) is 0 Å². The van der Waals surface area contributed by atoms with E-state index in [0.29, 0.717) is 28.4 Å². The summed E-state index contributed by atoms with van der Waals surface area (Å²) in [4.78, 5) is 27.4. The standard InChI is InChI=1S/C24H21NO6/c1-29-17-10-8-15(9-11-17)22(26)20-21(16-5-3-6-18(13-16)30-2)25(24(28)23(20)27)14-19-7-4-12-31-19/h3-13,21,26H,14H2,1-2H3/b22-20+/t21-/m1/s1. The van der Waals surface area contributed by atoms with Crippen LogP contribution in [0, 0.1) is 0 Å². The lowest BCUT2D eigenvalue weighted by atomic mass is 9.95. The van der Waals surface area contributed by atoms with Crippen molar-refractivity contribution >= 4 is 17.4 Å². The molecule has 3 aromatic rings. The van der Waals surface area contributed by atoms with Gasteiger partial charge >= 0.3 is 0 Å². The van der Waals surface area contributed by atoms with Gasteiger partial charge in [0.2, 0.25) is 0 Å². The van der Waals surface area contributed by atoms with Crippen LogP contribution >= 0.6 is 0 Å². The Hall–Kier alpha value is -4.00. The van der Waals surface area contributed by atoms with E-state index in [4.69, 9.17) is 13.9 Å². The van der Waals surface area contributed by atoms with Crippen LogP contribution in [0.25, 0.3) is 5.76 Å². The van der Waals surface area contributed by atoms with Crippen molar-refractivity contribution in [1.29, 1.82) is 0 Å². The molecule has 1 fully saturated rings. The third-order valence-electron chi connectivity index (χ3n) is 5.22. The fourth-order valence-electron chi connectivity index (χ4n) is 3.68. The molecular weight excluding hydrogens is 398 g/mol. The second-order valence-electron chi connectivity index (χ2n) is 7.01. The topological polar surface area (TPSA) is 89.2 Å². The van der Waals surface area contributed by atoms with Crippen molar-refractivity contribution < 1.29 is 28.6 Å². The second kappa shape index (κ2) is 8.39. The number of aliphatic hydroxyl groups excluding tert-OH is 1. The number of carbonyl (C=O) groups is 2. The molecule has 31 heavy (non-hydrogen) atoms. The number of hydrogen-bond donors (Lipinski definition) is 1. The number of hydrogen-bond acceptors (Lipinski definition) is 6. The lowest BCUT2D eigenvalue weighted by Crippen LogP contribution is -2.29. The predicted octanol–water partition coefficient (Wildman–Crippen LogP) is 3.92. The fraction of sp³-hybridized carbons (Fsp3) is 0.167. The summed E-state index contributed by atoms with van der Waals surface area (Å²) in [6.45, 7) is 0.0822. The third kappa shape index (κ3) is 3.77. The van der Waals surface area contributed by atoms with Gasteiger partial charge in [0.1, 0.15) is 23.0 Å². The normalized spacial score (nSPS) is 17.7. The molecule has 1 atom stereocenters. The smallest absolute Gasteiger partial charge is 0.296 e. The molecule has 7 heteroatoms. The molecule has 0 radical (unpaired) electrons. The number of furan rings is 1. The van der Waals surface area contributed by atoms with Crippen LogP contribution in [0.3, 0.4) is 0 Å². The van der Waals surface area contributed by atoms with Gasteiger partial charge in [-0.1, -0.05) is 12.1 Å². The van der Waals surface area contributed by atoms with Crippen molar-refractivity contribution in [1.82, 2.24) is 4.90 Å². The molecule has 1 N–H and O–H groups in total. The Bertz CT molecular complexity index is 1130. The molecule has 1 aliphatic rings. The summed E-state index contributed by atoms with van der Waals surface area (Å²) in [5.74, 6) is -0.00771. The number of aliphatic hydroxyl groups is 1. The van der Waals surface area contributed by atoms with Gasteiger partial charge < -0.3 is 23.9 Å². The summed E-state index contributed by atoms with van der Waals surface area (Å²) in [6, 6.07) is 16.3. The molecule has 1 amide bonds. The van der Waals surface area contributed by atoms with E-state index in [1.807, 2.05) is 0 Å². The Morgan fingerprint density at radius 3 is 2.39 bits per heavy atom. The SMILES string of the molecule is COc1ccc(/C(O)=C2\C(=O)C(=O)N(Cc3ccco3)[C@@H]2c2cccc(OC)c2)cc1. The van der Waals surface area contributed by atoms with Crippen molar-refractivity contribution in [3.8, 4) is 11.5 Å². The Morgan fingerprint density at radius 1 is 1.00 bits per heavy atom. The third-order valence-corrected chi connectivity index (χ3v) is 5.22. The summed E-state index contributed by atoms with van der Waals surface area (Å²) in [7, 11) is 3.08. The highest BCUT2D eigenvalue weighted by Gasteiger charge is 2.46. The molecular formula is C24H21NO6. The molecule has 1 saturated heterocycles. The molecule has 0 aliphatic carbocycles. The number of rotatable bonds is 6. The summed E-state index contributed by atoms with van der Waals surface area (Å²) < 4.78 is 15.9. The van der Waals surface area contributed by atoms with Crippen LogP contribution in [-0.2, 0) is 16.1 Å². The zero-order valence-electron chi connectivity index (χ0n) is 17.1. The van der Waals surface area contributed by atoms with Crippen LogP contribution in [0.1, 0.15) is 22.9 Å². The highest BCUT2D eigenvalue weighted by atomic mass is 16.5. The Labute approximate surface area is 179 Å². The van der Waals surface area contributed by atoms with Crippen molar-refractivity contribution in [2.75, 3.05) is 14.2 Å². The van der Waals surface area contributed by atoms with Gasteiger partial charge in [0.05, 0.1) is 38.6 Å². The lowest BCUT2D eigenvalue weighted by molar-refractivity contribution is -0.140. The Kier molecular flexibility index (Phi) is 5.49. The minimum atomic E-state index is -0.803. The van der Waals surface area contributed by atoms with E-state index >= 15 is 0 Å². The van der Waals surface area contributed by atoms with Gasteiger partial charge in [0.15, 0.2) is 0 Å². The first-order valence-electron chi connectivity index (χ1n) is 9.62. The first-order chi connectivity index (χ1) is 15.0. The van der Waals surface area contributed by atoms with E-state index in [2.05, 4.69) is 0 Å². The van der Waals surface area contributed by atoms with Gasteiger partial charge in [-0.15, -0.1) is 0 Å². The number of likely N-dealkylation sites (tertiary alicyclic amines) is 1. The maximum absolute atomic E-state index is 13.0. The van der Waals surface area contributed by atoms with Crippen LogP contribution in [0.4, 0.5) is 0 Å². The van der Waals surface area contributed by atoms with Crippen molar-refractivity contribution in [3.05, 3.63) is 89.4 Å². The van der Waals surface area contributed by atoms with E-state index in [9.17, 15) is 14.7 Å². The lowest BCUT2D eigenvalue weighted by Gasteiger charge is -2.24. The minimum absolute atomic E-state index is 0.00924. The van der Waals surface area contributed by atoms with Gasteiger partial charge in [0, 0.05) is 5.56 Å². The average molecular weight is 419 g/mol. The van der Waals surface area contributed by atoms with Crippen LogP contribution in [0.2, 0.25) is 0 Å². The highest BCUT2D eigenvalue weighted by Crippen LogP contribution is 2.41. The molecule has 158 valence electrons. The number of nitrogens with zero attached hydrogens (tertiary/aromatic N) is 1. The number of amides is 1. The van der Waals surface area contributed by atoms with E-state index < -0.39 is 17.7 Å². The number of carbonyl (C=O) groups excluding carboxylic acids is 2. The molecule has 7 nitrogen and oxygen atoms in total. The quantitative estimate of drug-likeness (QED) is 0.370. The molecule has 0 bridgehead atoms. The largest absolute Gasteiger partial charge is 0.507 e. The van der Waals surface area contributed by atoms with Crippen LogP contribution in [0.5, 0.6) is 11.5 Å². The van der Waals surface area contributed by atoms with Crippen molar-refractivity contribution in [2.24, 2.45) is 0 Å². The molecule has 2 heterocycles. The molecule has 0 unspecified atom stereocenters. The van der Waals surface area contributed by atoms with Gasteiger partial charge in [-0.25, -0.2) is 0 Å². The summed E-state index contributed by atoms with van der Waals surface area (Å²) >= 11 is 0. The first-order valence-corrected chi connectivity index (χ1v) is 9.62.